The van der Waals surface area contributed by atoms with E-state index < -0.39 is 35.6 Å². The van der Waals surface area contributed by atoms with Crippen molar-refractivity contribution in [3.63, 3.8) is 0 Å². The van der Waals surface area contributed by atoms with Crippen LogP contribution in [0.4, 0.5) is 15.4 Å². The Hall–Kier alpha value is -2.59. The summed E-state index contributed by atoms with van der Waals surface area (Å²) in [7, 11) is 2.89. The Kier molecular flexibility index (Phi) is 9.99. The predicted molar refractivity (Wildman–Crippen MR) is 114 cm³/mol. The molecular formula is C20H30ClN3O7. The van der Waals surface area contributed by atoms with Crippen molar-refractivity contribution in [2.45, 2.75) is 58.7 Å². The van der Waals surface area contributed by atoms with Gasteiger partial charge in [0.05, 0.1) is 0 Å². The molecule has 11 heteroatoms. The van der Waals surface area contributed by atoms with E-state index in [1.165, 1.54) is 27.2 Å². The third kappa shape index (κ3) is 9.84. The molecule has 1 aromatic heterocycles. The van der Waals surface area contributed by atoms with Crippen LogP contribution >= 0.6 is 11.6 Å². The molecule has 1 aromatic rings. The lowest BCUT2D eigenvalue weighted by molar-refractivity contribution is -0.145. The second-order valence-electron chi connectivity index (χ2n) is 7.67. The zero-order valence-corrected chi connectivity index (χ0v) is 19.6. The third-order valence-electron chi connectivity index (χ3n) is 3.57. The number of pyridine rings is 1. The number of aromatic nitrogens is 1. The van der Waals surface area contributed by atoms with Crippen LogP contribution in [0, 0.1) is 0 Å². The summed E-state index contributed by atoms with van der Waals surface area (Å²) < 4.78 is 20.7. The Morgan fingerprint density at radius 2 is 1.81 bits per heavy atom. The van der Waals surface area contributed by atoms with Crippen LogP contribution in [0.2, 0.25) is 0 Å². The Morgan fingerprint density at radius 1 is 1.16 bits per heavy atom. The van der Waals surface area contributed by atoms with E-state index in [1.807, 2.05) is 0 Å². The van der Waals surface area contributed by atoms with Crippen LogP contribution in [0.5, 0.6) is 0 Å². The van der Waals surface area contributed by atoms with Crippen molar-refractivity contribution in [2.24, 2.45) is 0 Å². The van der Waals surface area contributed by atoms with Gasteiger partial charge in [-0.05, 0) is 40.7 Å². The van der Waals surface area contributed by atoms with Crippen LogP contribution in [0.3, 0.4) is 0 Å². The summed E-state index contributed by atoms with van der Waals surface area (Å²) in [5.41, 5.74) is -0.838. The Balaban J connectivity index is 2.70. The molecule has 31 heavy (non-hydrogen) atoms. The highest BCUT2D eigenvalue weighted by atomic mass is 35.5. The highest BCUT2D eigenvalue weighted by Gasteiger charge is 2.23. The fourth-order valence-electron chi connectivity index (χ4n) is 2.25. The number of carbonyl (C=O) groups is 3. The summed E-state index contributed by atoms with van der Waals surface area (Å²) >= 11 is 5.72. The maximum atomic E-state index is 12.3. The molecule has 0 bridgehead atoms. The van der Waals surface area contributed by atoms with Crippen molar-refractivity contribution in [1.29, 1.82) is 0 Å². The monoisotopic (exact) mass is 459 g/mol. The standard InChI is InChI=1S/C20H30ClN3O7/c1-13(21)29-14(2)30-19(27)24(7)17-15(9-8-10-22-17)12-28-16(25)11-23(6)18(26)31-20(3,4)5/h8-10,13-14H,11-12H2,1-7H3. The molecule has 0 N–H and O–H groups in total. The molecule has 1 rings (SSSR count). The third-order valence-corrected chi connectivity index (χ3v) is 3.67. The van der Waals surface area contributed by atoms with E-state index in [2.05, 4.69) is 4.98 Å². The van der Waals surface area contributed by atoms with Gasteiger partial charge in [0.1, 0.15) is 30.1 Å². The van der Waals surface area contributed by atoms with Crippen molar-refractivity contribution in [2.75, 3.05) is 25.5 Å². The maximum absolute atomic E-state index is 12.3. The van der Waals surface area contributed by atoms with E-state index >= 15 is 0 Å². The van der Waals surface area contributed by atoms with Crippen LogP contribution < -0.4 is 4.90 Å². The summed E-state index contributed by atoms with van der Waals surface area (Å²) in [5.74, 6) is -0.404. The minimum absolute atomic E-state index is 0.160. The molecule has 0 saturated heterocycles. The molecule has 0 aliphatic heterocycles. The Morgan fingerprint density at radius 3 is 2.39 bits per heavy atom. The van der Waals surface area contributed by atoms with Gasteiger partial charge in [0.15, 0.2) is 0 Å². The topological polar surface area (TPSA) is 108 Å². The zero-order valence-electron chi connectivity index (χ0n) is 18.9. The van der Waals surface area contributed by atoms with Gasteiger partial charge in [0.25, 0.3) is 0 Å². The van der Waals surface area contributed by atoms with E-state index in [0.29, 0.717) is 5.56 Å². The molecule has 2 atom stereocenters. The first-order valence-corrected chi connectivity index (χ1v) is 10.0. The highest BCUT2D eigenvalue weighted by molar-refractivity contribution is 6.19. The summed E-state index contributed by atoms with van der Waals surface area (Å²) in [4.78, 5) is 42.9. The van der Waals surface area contributed by atoms with Gasteiger partial charge in [-0.15, -0.1) is 0 Å². The normalized spacial score (nSPS) is 13.0. The van der Waals surface area contributed by atoms with Gasteiger partial charge in [-0.25, -0.2) is 14.6 Å². The van der Waals surface area contributed by atoms with Crippen molar-refractivity contribution >= 4 is 35.6 Å². The van der Waals surface area contributed by atoms with Gasteiger partial charge in [-0.3, -0.25) is 9.69 Å². The average Bonchev–Trinajstić information content (AvgIpc) is 2.63. The lowest BCUT2D eigenvalue weighted by Gasteiger charge is -2.24. The molecule has 2 unspecified atom stereocenters. The number of carbonyl (C=O) groups excluding carboxylic acids is 3. The van der Waals surface area contributed by atoms with Crippen molar-refractivity contribution in [1.82, 2.24) is 9.88 Å². The summed E-state index contributed by atoms with van der Waals surface area (Å²) in [5, 5.41) is 0. The van der Waals surface area contributed by atoms with E-state index in [-0.39, 0.29) is 19.0 Å². The molecule has 0 spiro atoms. The Bertz CT molecular complexity index is 767. The number of anilines is 1. The second-order valence-corrected chi connectivity index (χ2v) is 8.29. The Labute approximate surface area is 187 Å². The molecule has 0 aromatic carbocycles. The van der Waals surface area contributed by atoms with Crippen LogP contribution in [0.25, 0.3) is 0 Å². The SMILES string of the molecule is CC(Cl)OC(C)OC(=O)N(C)c1ncccc1COC(=O)CN(C)C(=O)OC(C)(C)C. The number of hydrogen-bond donors (Lipinski definition) is 0. The van der Waals surface area contributed by atoms with E-state index in [4.69, 9.17) is 30.5 Å². The second kappa shape index (κ2) is 11.7. The van der Waals surface area contributed by atoms with E-state index in [1.54, 1.807) is 39.8 Å². The number of likely N-dealkylation sites (N-methyl/N-ethyl adjacent to an activating group) is 1. The van der Waals surface area contributed by atoms with Crippen LogP contribution in [0.15, 0.2) is 18.3 Å². The van der Waals surface area contributed by atoms with Gasteiger partial charge >= 0.3 is 18.2 Å². The maximum Gasteiger partial charge on any atom is 0.417 e. The minimum Gasteiger partial charge on any atom is -0.459 e. The molecule has 0 radical (unpaired) electrons. The van der Waals surface area contributed by atoms with E-state index in [0.717, 1.165) is 9.80 Å². The summed E-state index contributed by atoms with van der Waals surface area (Å²) in [6, 6.07) is 3.29. The van der Waals surface area contributed by atoms with Gasteiger partial charge < -0.3 is 23.8 Å². The molecule has 1 heterocycles. The van der Waals surface area contributed by atoms with Crippen LogP contribution in [-0.4, -0.2) is 66.1 Å². The number of amides is 2. The van der Waals surface area contributed by atoms with E-state index in [9.17, 15) is 14.4 Å². The first-order valence-electron chi connectivity index (χ1n) is 9.57. The van der Waals surface area contributed by atoms with Crippen molar-refractivity contribution in [3.8, 4) is 0 Å². The molecule has 0 aliphatic carbocycles. The molecular weight excluding hydrogens is 430 g/mol. The van der Waals surface area contributed by atoms with Gasteiger partial charge in [0.2, 0.25) is 6.29 Å². The summed E-state index contributed by atoms with van der Waals surface area (Å²) in [6.07, 6.45) is -0.741. The number of halogens is 1. The highest BCUT2D eigenvalue weighted by Crippen LogP contribution is 2.19. The lowest BCUT2D eigenvalue weighted by atomic mass is 10.2. The van der Waals surface area contributed by atoms with Gasteiger partial charge in [0, 0.05) is 25.9 Å². The summed E-state index contributed by atoms with van der Waals surface area (Å²) in [6.45, 7) is 7.86. The largest absolute Gasteiger partial charge is 0.459 e. The molecule has 0 fully saturated rings. The average molecular weight is 460 g/mol. The molecule has 10 nitrogen and oxygen atoms in total. The number of hydrogen-bond acceptors (Lipinski definition) is 8. The number of nitrogens with zero attached hydrogens (tertiary/aromatic N) is 3. The van der Waals surface area contributed by atoms with Crippen LogP contribution in [0.1, 0.15) is 40.2 Å². The first-order chi connectivity index (χ1) is 14.3. The molecule has 0 aliphatic rings. The quantitative estimate of drug-likeness (QED) is 0.251. The first kappa shape index (κ1) is 26.4. The molecule has 0 saturated carbocycles. The lowest BCUT2D eigenvalue weighted by Crippen LogP contribution is -2.37. The number of esters is 1. The fourth-order valence-corrected chi connectivity index (χ4v) is 2.39. The molecule has 2 amide bonds. The molecule has 174 valence electrons. The number of rotatable bonds is 8. The number of alkyl halides is 1. The fraction of sp³-hybridized carbons (Fsp3) is 0.600. The van der Waals surface area contributed by atoms with Gasteiger partial charge in [-0.2, -0.15) is 0 Å². The van der Waals surface area contributed by atoms with Crippen LogP contribution in [-0.2, 0) is 30.3 Å². The number of ether oxygens (including phenoxy) is 4. The van der Waals surface area contributed by atoms with Gasteiger partial charge in [-0.1, -0.05) is 17.7 Å². The van der Waals surface area contributed by atoms with Crippen molar-refractivity contribution in [3.05, 3.63) is 23.9 Å². The van der Waals surface area contributed by atoms with Crippen molar-refractivity contribution < 1.29 is 33.3 Å². The minimum atomic E-state index is -0.865. The predicted octanol–water partition coefficient (Wildman–Crippen LogP) is 3.51. The zero-order chi connectivity index (χ0) is 23.8. The smallest absolute Gasteiger partial charge is 0.417 e.